The topological polar surface area (TPSA) is 38.9 Å². The second-order valence-electron chi connectivity index (χ2n) is 18.0. The van der Waals surface area contributed by atoms with Gasteiger partial charge in [0.05, 0.1) is 16.8 Å². The standard InChI is InChI=1S/C65H40N2O/c1-3-16-41(17-4-1)42-30-32-43(33-31-42)46-36-47(49-24-15-25-55-54-23-10-14-29-62(54)68-63(49)55)38-48(37-46)61-40-60(66-64(67-61)44-18-5-2-6-19-44)45-34-35-53-52-22-9-13-28-58(52)65(59(53)39-45)56-26-11-7-20-50(56)51-21-8-12-27-57(51)65/h1-40H. The lowest BCUT2D eigenvalue weighted by Gasteiger charge is -2.30. The molecule has 68 heavy (non-hydrogen) atoms. The summed E-state index contributed by atoms with van der Waals surface area (Å²) in [6, 6.07) is 87.4. The molecule has 12 aromatic rings. The van der Waals surface area contributed by atoms with Gasteiger partial charge >= 0.3 is 0 Å². The van der Waals surface area contributed by atoms with Crippen molar-refractivity contribution in [2.75, 3.05) is 0 Å². The van der Waals surface area contributed by atoms with Crippen LogP contribution in [0.3, 0.4) is 0 Å². The first-order valence-corrected chi connectivity index (χ1v) is 23.3. The molecule has 0 saturated carbocycles. The van der Waals surface area contributed by atoms with E-state index in [1.165, 1.54) is 55.6 Å². The van der Waals surface area contributed by atoms with Crippen molar-refractivity contribution in [1.82, 2.24) is 9.97 Å². The van der Waals surface area contributed by atoms with Gasteiger partial charge in [0, 0.05) is 33.0 Å². The van der Waals surface area contributed by atoms with Crippen LogP contribution in [0.4, 0.5) is 0 Å². The lowest BCUT2D eigenvalue weighted by Crippen LogP contribution is -2.25. The van der Waals surface area contributed by atoms with Gasteiger partial charge in [-0.3, -0.25) is 0 Å². The number of rotatable bonds is 6. The maximum Gasteiger partial charge on any atom is 0.160 e. The minimum absolute atomic E-state index is 0.468. The van der Waals surface area contributed by atoms with Crippen LogP contribution >= 0.6 is 0 Å². The Labute approximate surface area is 394 Å². The van der Waals surface area contributed by atoms with Crippen LogP contribution in [-0.4, -0.2) is 9.97 Å². The third kappa shape index (κ3) is 5.79. The van der Waals surface area contributed by atoms with Crippen molar-refractivity contribution >= 4 is 21.9 Å². The predicted molar refractivity (Wildman–Crippen MR) is 278 cm³/mol. The number of fused-ring (bicyclic) bond motifs is 13. The maximum atomic E-state index is 6.67. The molecule has 0 saturated heterocycles. The average Bonchev–Trinajstić information content (AvgIpc) is 4.05. The molecule has 0 atom stereocenters. The van der Waals surface area contributed by atoms with Crippen LogP contribution in [0.15, 0.2) is 247 Å². The summed E-state index contributed by atoms with van der Waals surface area (Å²) in [6.07, 6.45) is 0. The lowest BCUT2D eigenvalue weighted by molar-refractivity contribution is 0.670. The lowest BCUT2D eigenvalue weighted by atomic mass is 9.70. The zero-order valence-electron chi connectivity index (χ0n) is 36.9. The number of hydrogen-bond acceptors (Lipinski definition) is 3. The largest absolute Gasteiger partial charge is 0.455 e. The molecule has 14 rings (SSSR count). The van der Waals surface area contributed by atoms with E-state index in [1.807, 2.05) is 18.2 Å². The summed E-state index contributed by atoms with van der Waals surface area (Å²) in [5.74, 6) is 0.673. The van der Waals surface area contributed by atoms with E-state index in [4.69, 9.17) is 14.4 Å². The molecule has 0 unspecified atom stereocenters. The Morgan fingerprint density at radius 2 is 0.750 bits per heavy atom. The summed E-state index contributed by atoms with van der Waals surface area (Å²) >= 11 is 0. The average molecular weight is 865 g/mol. The molecule has 2 aromatic heterocycles. The van der Waals surface area contributed by atoms with Crippen molar-refractivity contribution in [3.63, 3.8) is 0 Å². The highest BCUT2D eigenvalue weighted by molar-refractivity contribution is 6.10. The molecular weight excluding hydrogens is 825 g/mol. The molecule has 1 spiro atoms. The monoisotopic (exact) mass is 864 g/mol. The Hall–Kier alpha value is -8.92. The Kier molecular flexibility index (Phi) is 8.50. The molecule has 0 bridgehead atoms. The first-order chi connectivity index (χ1) is 33.7. The van der Waals surface area contributed by atoms with Gasteiger partial charge in [-0.2, -0.15) is 0 Å². The summed E-state index contributed by atoms with van der Waals surface area (Å²) in [4.78, 5) is 10.8. The summed E-state index contributed by atoms with van der Waals surface area (Å²) in [7, 11) is 0. The van der Waals surface area contributed by atoms with Crippen LogP contribution < -0.4 is 0 Å². The first-order valence-electron chi connectivity index (χ1n) is 23.3. The second-order valence-corrected chi connectivity index (χ2v) is 18.0. The number of nitrogens with zero attached hydrogens (tertiary/aromatic N) is 2. The third-order valence-corrected chi connectivity index (χ3v) is 14.3. The molecule has 2 aliphatic carbocycles. The number of hydrogen-bond donors (Lipinski definition) is 0. The van der Waals surface area contributed by atoms with E-state index < -0.39 is 5.41 Å². The van der Waals surface area contributed by atoms with Crippen molar-refractivity contribution in [3.8, 4) is 89.5 Å². The van der Waals surface area contributed by atoms with E-state index in [9.17, 15) is 0 Å². The molecule has 316 valence electrons. The van der Waals surface area contributed by atoms with Crippen molar-refractivity contribution in [2.24, 2.45) is 0 Å². The normalized spacial score (nSPS) is 12.8. The maximum absolute atomic E-state index is 6.67. The summed E-state index contributed by atoms with van der Waals surface area (Å²) < 4.78 is 6.67. The van der Waals surface area contributed by atoms with Gasteiger partial charge in [-0.15, -0.1) is 0 Å². The highest BCUT2D eigenvalue weighted by atomic mass is 16.3. The fourth-order valence-corrected chi connectivity index (χ4v) is 11.3. The fourth-order valence-electron chi connectivity index (χ4n) is 11.3. The van der Waals surface area contributed by atoms with E-state index in [2.05, 4.69) is 224 Å². The van der Waals surface area contributed by atoms with E-state index >= 15 is 0 Å². The van der Waals surface area contributed by atoms with E-state index in [0.29, 0.717) is 5.82 Å². The fraction of sp³-hybridized carbons (Fsp3) is 0.0154. The van der Waals surface area contributed by atoms with Gasteiger partial charge in [0.25, 0.3) is 0 Å². The van der Waals surface area contributed by atoms with Crippen molar-refractivity contribution in [1.29, 1.82) is 0 Å². The van der Waals surface area contributed by atoms with Gasteiger partial charge in [-0.1, -0.05) is 206 Å². The molecule has 0 amide bonds. The van der Waals surface area contributed by atoms with E-state index in [0.717, 1.165) is 72.3 Å². The van der Waals surface area contributed by atoms with Gasteiger partial charge in [0.1, 0.15) is 11.2 Å². The van der Waals surface area contributed by atoms with E-state index in [-0.39, 0.29) is 0 Å². The molecule has 0 aliphatic heterocycles. The second kappa shape index (κ2) is 15.1. The summed E-state index contributed by atoms with van der Waals surface area (Å²) in [5.41, 5.74) is 22.9. The molecule has 0 fully saturated rings. The van der Waals surface area contributed by atoms with Crippen molar-refractivity contribution in [3.05, 3.63) is 265 Å². The van der Waals surface area contributed by atoms with Gasteiger partial charge in [0.15, 0.2) is 5.82 Å². The van der Waals surface area contributed by atoms with Crippen LogP contribution in [0.25, 0.3) is 111 Å². The quantitative estimate of drug-likeness (QED) is 0.167. The van der Waals surface area contributed by atoms with Crippen LogP contribution in [0.1, 0.15) is 22.3 Å². The highest BCUT2D eigenvalue weighted by Crippen LogP contribution is 2.63. The number of furan rings is 1. The van der Waals surface area contributed by atoms with Crippen molar-refractivity contribution in [2.45, 2.75) is 5.41 Å². The molecule has 2 aliphatic rings. The Morgan fingerprint density at radius 3 is 1.43 bits per heavy atom. The van der Waals surface area contributed by atoms with Crippen molar-refractivity contribution < 1.29 is 4.42 Å². The Morgan fingerprint density at radius 1 is 0.279 bits per heavy atom. The van der Waals surface area contributed by atoms with Gasteiger partial charge in [-0.05, 0) is 109 Å². The predicted octanol–water partition coefficient (Wildman–Crippen LogP) is 16.7. The molecule has 0 N–H and O–H groups in total. The summed E-state index contributed by atoms with van der Waals surface area (Å²) in [5, 5.41) is 2.20. The number of para-hydroxylation sites is 2. The summed E-state index contributed by atoms with van der Waals surface area (Å²) in [6.45, 7) is 0. The van der Waals surface area contributed by atoms with Crippen LogP contribution in [0.2, 0.25) is 0 Å². The van der Waals surface area contributed by atoms with Crippen LogP contribution in [-0.2, 0) is 5.41 Å². The molecular formula is C65H40N2O. The highest BCUT2D eigenvalue weighted by Gasteiger charge is 2.51. The smallest absolute Gasteiger partial charge is 0.160 e. The van der Waals surface area contributed by atoms with Gasteiger partial charge < -0.3 is 4.42 Å². The van der Waals surface area contributed by atoms with Gasteiger partial charge in [0.2, 0.25) is 0 Å². The molecule has 3 nitrogen and oxygen atoms in total. The SMILES string of the molecule is c1ccc(-c2ccc(-c3cc(-c4cc(-c5ccc6c(c5)C5(c7ccccc7-c7ccccc75)c5ccccc5-6)nc(-c5ccccc5)n4)cc(-c4cccc5c4oc4ccccc45)c3)cc2)cc1. The van der Waals surface area contributed by atoms with Crippen LogP contribution in [0, 0.1) is 0 Å². The molecule has 10 aromatic carbocycles. The van der Waals surface area contributed by atoms with Crippen LogP contribution in [0.5, 0.6) is 0 Å². The Bertz CT molecular complexity index is 3900. The molecule has 0 radical (unpaired) electrons. The molecule has 3 heteroatoms. The number of benzene rings is 10. The Balaban J connectivity index is 0.989. The minimum Gasteiger partial charge on any atom is -0.455 e. The first kappa shape index (κ1) is 38.4. The minimum atomic E-state index is -0.468. The zero-order chi connectivity index (χ0) is 44.8. The number of aromatic nitrogens is 2. The van der Waals surface area contributed by atoms with Gasteiger partial charge in [-0.25, -0.2) is 9.97 Å². The van der Waals surface area contributed by atoms with E-state index in [1.54, 1.807) is 0 Å². The molecule has 2 heterocycles. The zero-order valence-corrected chi connectivity index (χ0v) is 36.9. The third-order valence-electron chi connectivity index (χ3n) is 14.3.